The minimum absolute atomic E-state index is 0.0852. The number of para-hydroxylation sites is 1. The topological polar surface area (TPSA) is 102 Å². The van der Waals surface area contributed by atoms with Crippen LogP contribution in [0.2, 0.25) is 0 Å². The fourth-order valence-electron chi connectivity index (χ4n) is 2.40. The fraction of sp³-hybridized carbons (Fsp3) is 0.375. The first-order valence-electron chi connectivity index (χ1n) is 8.17. The van der Waals surface area contributed by atoms with E-state index in [4.69, 9.17) is 9.47 Å². The van der Waals surface area contributed by atoms with Crippen molar-refractivity contribution in [2.24, 2.45) is 0 Å². The van der Waals surface area contributed by atoms with Crippen molar-refractivity contribution >= 4 is 17.7 Å². The van der Waals surface area contributed by atoms with Gasteiger partial charge in [0.2, 0.25) is 5.95 Å². The van der Waals surface area contributed by atoms with Crippen LogP contribution in [0.3, 0.4) is 0 Å². The van der Waals surface area contributed by atoms with Crippen molar-refractivity contribution in [2.45, 2.75) is 6.54 Å². The molecular weight excluding hydrogens is 362 g/mol. The Balaban J connectivity index is 1.67. The Hall–Kier alpha value is -3.08. The van der Waals surface area contributed by atoms with Gasteiger partial charge < -0.3 is 25.0 Å². The van der Waals surface area contributed by atoms with E-state index >= 15 is 0 Å². The lowest BCUT2D eigenvalue weighted by atomic mass is 10.3. The average Bonchev–Trinajstić information content (AvgIpc) is 2.69. The number of amides is 2. The van der Waals surface area contributed by atoms with Gasteiger partial charge in [0.25, 0.3) is 0 Å². The molecule has 0 bridgehead atoms. The SMILES string of the molecule is COc1nc(CNC(=O)Nc2c(F)cccc2F)nc(N2CCOCC2)n1. The number of nitrogens with zero attached hydrogens (tertiary/aromatic N) is 4. The number of carbonyl (C=O) groups is 1. The zero-order valence-corrected chi connectivity index (χ0v) is 14.5. The van der Waals surface area contributed by atoms with Gasteiger partial charge in [-0.15, -0.1) is 0 Å². The molecule has 0 aliphatic carbocycles. The van der Waals surface area contributed by atoms with Crippen molar-refractivity contribution in [1.29, 1.82) is 0 Å². The Labute approximate surface area is 153 Å². The quantitative estimate of drug-likeness (QED) is 0.807. The maximum atomic E-state index is 13.6. The number of halogens is 2. The average molecular weight is 380 g/mol. The third kappa shape index (κ3) is 4.76. The van der Waals surface area contributed by atoms with Crippen molar-refractivity contribution < 1.29 is 23.0 Å². The van der Waals surface area contributed by atoms with Crippen LogP contribution in [0.1, 0.15) is 5.82 Å². The summed E-state index contributed by atoms with van der Waals surface area (Å²) in [4.78, 5) is 26.4. The van der Waals surface area contributed by atoms with Crippen LogP contribution in [-0.2, 0) is 11.3 Å². The Morgan fingerprint density at radius 3 is 2.59 bits per heavy atom. The summed E-state index contributed by atoms with van der Waals surface area (Å²) in [5, 5.41) is 4.57. The second-order valence-corrected chi connectivity index (χ2v) is 5.54. The summed E-state index contributed by atoms with van der Waals surface area (Å²) >= 11 is 0. The van der Waals surface area contributed by atoms with E-state index in [1.165, 1.54) is 13.2 Å². The standard InChI is InChI=1S/C16H18F2N6O3/c1-26-16-21-12(20-14(23-16)24-5-7-27-8-6-24)9-19-15(25)22-13-10(17)3-2-4-11(13)18/h2-4H,5-9H2,1H3,(H2,19,22,25). The molecule has 144 valence electrons. The monoisotopic (exact) mass is 380 g/mol. The van der Waals surface area contributed by atoms with Crippen LogP contribution < -0.4 is 20.3 Å². The molecule has 3 rings (SSSR count). The van der Waals surface area contributed by atoms with Gasteiger partial charge >= 0.3 is 12.0 Å². The molecular formula is C16H18F2N6O3. The predicted octanol–water partition coefficient (Wildman–Crippen LogP) is 1.32. The molecule has 27 heavy (non-hydrogen) atoms. The zero-order chi connectivity index (χ0) is 19.2. The molecule has 1 aromatic carbocycles. The van der Waals surface area contributed by atoms with Gasteiger partial charge in [-0.3, -0.25) is 0 Å². The van der Waals surface area contributed by atoms with Crippen molar-refractivity contribution in [3.63, 3.8) is 0 Å². The summed E-state index contributed by atoms with van der Waals surface area (Å²) in [5.41, 5.74) is -0.530. The third-order valence-electron chi connectivity index (χ3n) is 3.73. The second kappa shape index (κ2) is 8.54. The van der Waals surface area contributed by atoms with Crippen molar-refractivity contribution in [1.82, 2.24) is 20.3 Å². The molecule has 0 unspecified atom stereocenters. The largest absolute Gasteiger partial charge is 0.467 e. The van der Waals surface area contributed by atoms with Crippen LogP contribution in [0.25, 0.3) is 0 Å². The molecule has 1 aromatic heterocycles. The van der Waals surface area contributed by atoms with Crippen LogP contribution in [0.5, 0.6) is 6.01 Å². The predicted molar refractivity (Wildman–Crippen MR) is 91.6 cm³/mol. The summed E-state index contributed by atoms with van der Waals surface area (Å²) in [6, 6.07) is 2.60. The highest BCUT2D eigenvalue weighted by Gasteiger charge is 2.17. The molecule has 1 aliphatic rings. The molecule has 0 spiro atoms. The van der Waals surface area contributed by atoms with Gasteiger partial charge in [-0.25, -0.2) is 13.6 Å². The number of benzene rings is 1. The van der Waals surface area contributed by atoms with Gasteiger partial charge in [0.05, 0.1) is 26.9 Å². The van der Waals surface area contributed by atoms with Crippen LogP contribution in [0.4, 0.5) is 25.2 Å². The fourth-order valence-corrected chi connectivity index (χ4v) is 2.40. The van der Waals surface area contributed by atoms with E-state index in [0.29, 0.717) is 32.3 Å². The van der Waals surface area contributed by atoms with E-state index < -0.39 is 23.4 Å². The third-order valence-corrected chi connectivity index (χ3v) is 3.73. The van der Waals surface area contributed by atoms with Crippen LogP contribution in [-0.4, -0.2) is 54.4 Å². The highest BCUT2D eigenvalue weighted by molar-refractivity contribution is 5.89. The maximum Gasteiger partial charge on any atom is 0.321 e. The molecule has 2 amide bonds. The highest BCUT2D eigenvalue weighted by Crippen LogP contribution is 2.18. The molecule has 0 radical (unpaired) electrons. The number of hydrogen-bond acceptors (Lipinski definition) is 7. The first-order chi connectivity index (χ1) is 13.1. The van der Waals surface area contributed by atoms with Crippen LogP contribution in [0, 0.1) is 11.6 Å². The summed E-state index contributed by atoms with van der Waals surface area (Å²) in [5.74, 6) is -1.10. The number of anilines is 2. The van der Waals surface area contributed by atoms with E-state index in [1.54, 1.807) is 0 Å². The minimum atomic E-state index is -0.874. The Morgan fingerprint density at radius 2 is 1.93 bits per heavy atom. The molecule has 0 saturated carbocycles. The number of ether oxygens (including phenoxy) is 2. The Bertz CT molecular complexity index is 796. The number of rotatable bonds is 5. The summed E-state index contributed by atoms with van der Waals surface area (Å²) in [6.07, 6.45) is 0. The van der Waals surface area contributed by atoms with Crippen LogP contribution >= 0.6 is 0 Å². The number of carbonyl (C=O) groups excluding carboxylic acids is 1. The number of urea groups is 1. The van der Waals surface area contributed by atoms with Gasteiger partial charge in [-0.2, -0.15) is 15.0 Å². The van der Waals surface area contributed by atoms with Crippen molar-refractivity contribution in [3.05, 3.63) is 35.7 Å². The Kier molecular flexibility index (Phi) is 5.91. The van der Waals surface area contributed by atoms with E-state index in [0.717, 1.165) is 12.1 Å². The lowest BCUT2D eigenvalue weighted by Gasteiger charge is -2.26. The van der Waals surface area contributed by atoms with E-state index in [1.807, 2.05) is 4.90 Å². The van der Waals surface area contributed by atoms with E-state index in [9.17, 15) is 13.6 Å². The van der Waals surface area contributed by atoms with Crippen LogP contribution in [0.15, 0.2) is 18.2 Å². The van der Waals surface area contributed by atoms with E-state index in [-0.39, 0.29) is 18.4 Å². The molecule has 0 atom stereocenters. The zero-order valence-electron chi connectivity index (χ0n) is 14.5. The first kappa shape index (κ1) is 18.7. The summed E-state index contributed by atoms with van der Waals surface area (Å²) < 4.78 is 37.5. The van der Waals surface area contributed by atoms with Crippen molar-refractivity contribution in [3.8, 4) is 6.01 Å². The number of nitrogens with one attached hydrogen (secondary N) is 2. The summed E-state index contributed by atoms with van der Waals surface area (Å²) in [6.45, 7) is 2.26. The summed E-state index contributed by atoms with van der Waals surface area (Å²) in [7, 11) is 1.42. The highest BCUT2D eigenvalue weighted by atomic mass is 19.1. The van der Waals surface area contributed by atoms with Crippen molar-refractivity contribution in [2.75, 3.05) is 43.6 Å². The van der Waals surface area contributed by atoms with Gasteiger partial charge in [0.15, 0.2) is 5.82 Å². The first-order valence-corrected chi connectivity index (χ1v) is 8.17. The molecule has 2 heterocycles. The maximum absolute atomic E-state index is 13.6. The molecule has 9 nitrogen and oxygen atoms in total. The minimum Gasteiger partial charge on any atom is -0.467 e. The number of aromatic nitrogens is 3. The van der Waals surface area contributed by atoms with Gasteiger partial charge in [-0.05, 0) is 12.1 Å². The van der Waals surface area contributed by atoms with Gasteiger partial charge in [0.1, 0.15) is 17.3 Å². The lowest BCUT2D eigenvalue weighted by molar-refractivity contribution is 0.122. The Morgan fingerprint density at radius 1 is 1.22 bits per heavy atom. The lowest BCUT2D eigenvalue weighted by Crippen LogP contribution is -2.38. The molecule has 1 saturated heterocycles. The molecule has 11 heteroatoms. The smallest absolute Gasteiger partial charge is 0.321 e. The van der Waals surface area contributed by atoms with E-state index in [2.05, 4.69) is 25.6 Å². The normalized spacial score (nSPS) is 14.0. The van der Waals surface area contributed by atoms with Gasteiger partial charge in [0, 0.05) is 13.1 Å². The number of morpholine rings is 1. The second-order valence-electron chi connectivity index (χ2n) is 5.54. The molecule has 1 aliphatic heterocycles. The molecule has 1 fully saturated rings. The number of hydrogen-bond donors (Lipinski definition) is 2. The molecule has 2 aromatic rings. The number of methoxy groups -OCH3 is 1. The molecule has 2 N–H and O–H groups in total. The van der Waals surface area contributed by atoms with Gasteiger partial charge in [-0.1, -0.05) is 6.07 Å².